The van der Waals surface area contributed by atoms with Gasteiger partial charge in [0, 0.05) is 24.1 Å². The lowest BCUT2D eigenvalue weighted by Crippen LogP contribution is -2.43. The summed E-state index contributed by atoms with van der Waals surface area (Å²) in [6, 6.07) is 13.6. The Morgan fingerprint density at radius 1 is 1.12 bits per heavy atom. The number of nitro benzene ring substituents is 1. The van der Waals surface area contributed by atoms with Crippen molar-refractivity contribution in [2.45, 2.75) is 19.4 Å². The number of hydrogen-bond donors (Lipinski definition) is 1. The molecular weight excluding hydrogens is 324 g/mol. The van der Waals surface area contributed by atoms with Crippen molar-refractivity contribution >= 4 is 17.6 Å². The van der Waals surface area contributed by atoms with E-state index < -0.39 is 22.8 Å². The van der Waals surface area contributed by atoms with E-state index in [1.165, 1.54) is 24.3 Å². The zero-order valence-corrected chi connectivity index (χ0v) is 13.7. The molecule has 0 saturated carbocycles. The molecule has 0 saturated heterocycles. The van der Waals surface area contributed by atoms with E-state index in [2.05, 4.69) is 5.32 Å². The van der Waals surface area contributed by atoms with Crippen LogP contribution in [0.2, 0.25) is 0 Å². The van der Waals surface area contributed by atoms with Crippen LogP contribution < -0.4 is 5.32 Å². The molecule has 2 aromatic rings. The highest BCUT2D eigenvalue weighted by Crippen LogP contribution is 2.12. The van der Waals surface area contributed by atoms with Crippen molar-refractivity contribution in [3.05, 3.63) is 75.8 Å². The minimum absolute atomic E-state index is 0.109. The van der Waals surface area contributed by atoms with Crippen molar-refractivity contribution in [3.8, 4) is 0 Å². The molecular formula is C18H18N2O5. The van der Waals surface area contributed by atoms with Gasteiger partial charge in [0.1, 0.15) is 6.04 Å². The van der Waals surface area contributed by atoms with Crippen molar-refractivity contribution in [3.63, 3.8) is 0 Å². The van der Waals surface area contributed by atoms with Crippen molar-refractivity contribution in [2.75, 3.05) is 6.61 Å². The summed E-state index contributed by atoms with van der Waals surface area (Å²) in [4.78, 5) is 34.6. The molecule has 0 aliphatic carbocycles. The van der Waals surface area contributed by atoms with Gasteiger partial charge >= 0.3 is 5.97 Å². The maximum absolute atomic E-state index is 12.3. The second kappa shape index (κ2) is 8.58. The average molecular weight is 342 g/mol. The third-order valence-electron chi connectivity index (χ3n) is 3.50. The number of nitrogens with zero attached hydrogens (tertiary/aromatic N) is 1. The van der Waals surface area contributed by atoms with E-state index in [1.54, 1.807) is 6.92 Å². The second-order valence-electron chi connectivity index (χ2n) is 5.27. The van der Waals surface area contributed by atoms with E-state index in [0.29, 0.717) is 6.42 Å². The maximum Gasteiger partial charge on any atom is 0.328 e. The largest absolute Gasteiger partial charge is 0.464 e. The molecule has 7 nitrogen and oxygen atoms in total. The van der Waals surface area contributed by atoms with Crippen LogP contribution >= 0.6 is 0 Å². The van der Waals surface area contributed by atoms with Crippen LogP contribution in [-0.2, 0) is 16.0 Å². The smallest absolute Gasteiger partial charge is 0.328 e. The molecule has 0 radical (unpaired) electrons. The van der Waals surface area contributed by atoms with E-state index in [1.807, 2.05) is 30.3 Å². The summed E-state index contributed by atoms with van der Waals surface area (Å²) in [5.41, 5.74) is 1.00. The van der Waals surface area contributed by atoms with Crippen LogP contribution in [-0.4, -0.2) is 29.4 Å². The molecule has 0 fully saturated rings. The Balaban J connectivity index is 2.13. The number of carbonyl (C=O) groups excluding carboxylic acids is 2. The minimum Gasteiger partial charge on any atom is -0.464 e. The molecule has 130 valence electrons. The molecule has 0 spiro atoms. The number of carbonyl (C=O) groups is 2. The van der Waals surface area contributed by atoms with Gasteiger partial charge in [-0.25, -0.2) is 4.79 Å². The Kier molecular flexibility index (Phi) is 6.22. The van der Waals surface area contributed by atoms with Gasteiger partial charge in [-0.3, -0.25) is 14.9 Å². The predicted molar refractivity (Wildman–Crippen MR) is 91.1 cm³/mol. The average Bonchev–Trinajstić information content (AvgIpc) is 2.62. The molecule has 1 atom stereocenters. The fourth-order valence-corrected chi connectivity index (χ4v) is 2.26. The zero-order chi connectivity index (χ0) is 18.2. The van der Waals surface area contributed by atoms with Gasteiger partial charge < -0.3 is 10.1 Å². The Morgan fingerprint density at radius 3 is 2.32 bits per heavy atom. The number of nitrogens with one attached hydrogen (secondary N) is 1. The standard InChI is InChI=1S/C18H18N2O5/c1-2-25-18(22)16(12-13-6-4-3-5-7-13)19-17(21)14-8-10-15(11-9-14)20(23)24/h3-11,16H,2,12H2,1H3,(H,19,21). The summed E-state index contributed by atoms with van der Waals surface area (Å²) in [5.74, 6) is -1.02. The van der Waals surface area contributed by atoms with Crippen molar-refractivity contribution in [2.24, 2.45) is 0 Å². The van der Waals surface area contributed by atoms with Gasteiger partial charge in [-0.15, -0.1) is 0 Å². The summed E-state index contributed by atoms with van der Waals surface area (Å²) in [5, 5.41) is 13.3. The van der Waals surface area contributed by atoms with E-state index >= 15 is 0 Å². The first-order chi connectivity index (χ1) is 12.0. The molecule has 1 amide bonds. The Bertz CT molecular complexity index is 744. The molecule has 1 unspecified atom stereocenters. The summed E-state index contributed by atoms with van der Waals surface area (Å²) < 4.78 is 5.02. The predicted octanol–water partition coefficient (Wildman–Crippen LogP) is 2.50. The molecule has 2 rings (SSSR count). The number of hydrogen-bond acceptors (Lipinski definition) is 5. The molecule has 0 aromatic heterocycles. The highest BCUT2D eigenvalue weighted by molar-refractivity contribution is 5.97. The van der Waals surface area contributed by atoms with Crippen LogP contribution in [0.5, 0.6) is 0 Å². The number of ether oxygens (including phenoxy) is 1. The van der Waals surface area contributed by atoms with E-state index in [9.17, 15) is 19.7 Å². The van der Waals surface area contributed by atoms with Gasteiger partial charge in [-0.2, -0.15) is 0 Å². The lowest BCUT2D eigenvalue weighted by Gasteiger charge is -2.17. The van der Waals surface area contributed by atoms with Gasteiger partial charge in [0.15, 0.2) is 0 Å². The monoisotopic (exact) mass is 342 g/mol. The van der Waals surface area contributed by atoms with E-state index in [4.69, 9.17) is 4.74 Å². The third-order valence-corrected chi connectivity index (χ3v) is 3.50. The van der Waals surface area contributed by atoms with Gasteiger partial charge in [0.05, 0.1) is 11.5 Å². The van der Waals surface area contributed by atoms with Crippen molar-refractivity contribution in [1.29, 1.82) is 0 Å². The van der Waals surface area contributed by atoms with Crippen molar-refractivity contribution < 1.29 is 19.2 Å². The van der Waals surface area contributed by atoms with Gasteiger partial charge in [0.2, 0.25) is 0 Å². The van der Waals surface area contributed by atoms with Crippen LogP contribution in [0.4, 0.5) is 5.69 Å². The number of non-ortho nitro benzene ring substituents is 1. The summed E-state index contributed by atoms with van der Waals surface area (Å²) in [6.07, 6.45) is 0.290. The Hall–Kier alpha value is -3.22. The molecule has 25 heavy (non-hydrogen) atoms. The van der Waals surface area contributed by atoms with E-state index in [-0.39, 0.29) is 17.9 Å². The minimum atomic E-state index is -0.843. The lowest BCUT2D eigenvalue weighted by atomic mass is 10.1. The Morgan fingerprint density at radius 2 is 1.76 bits per heavy atom. The first-order valence-electron chi connectivity index (χ1n) is 7.77. The van der Waals surface area contributed by atoms with Gasteiger partial charge in [-0.05, 0) is 24.6 Å². The molecule has 0 aliphatic rings. The number of benzene rings is 2. The fourth-order valence-electron chi connectivity index (χ4n) is 2.26. The number of rotatable bonds is 7. The Labute approximate surface area is 144 Å². The SMILES string of the molecule is CCOC(=O)C(Cc1ccccc1)NC(=O)c1ccc([N+](=O)[O-])cc1. The first kappa shape index (κ1) is 18.1. The number of amides is 1. The third kappa shape index (κ3) is 5.13. The van der Waals surface area contributed by atoms with Gasteiger partial charge in [0.25, 0.3) is 11.6 Å². The summed E-state index contributed by atoms with van der Waals surface area (Å²) in [7, 11) is 0. The molecule has 1 N–H and O–H groups in total. The highest BCUT2D eigenvalue weighted by atomic mass is 16.6. The van der Waals surface area contributed by atoms with Crippen LogP contribution in [0.25, 0.3) is 0 Å². The zero-order valence-electron chi connectivity index (χ0n) is 13.7. The quantitative estimate of drug-likeness (QED) is 0.473. The summed E-state index contributed by atoms with van der Waals surface area (Å²) >= 11 is 0. The van der Waals surface area contributed by atoms with Crippen molar-refractivity contribution in [1.82, 2.24) is 5.32 Å². The van der Waals surface area contributed by atoms with Crippen LogP contribution in [0.3, 0.4) is 0 Å². The molecule has 7 heteroatoms. The van der Waals surface area contributed by atoms with Crippen LogP contribution in [0.1, 0.15) is 22.8 Å². The number of esters is 1. The topological polar surface area (TPSA) is 98.5 Å². The molecule has 0 heterocycles. The lowest BCUT2D eigenvalue weighted by molar-refractivity contribution is -0.384. The molecule has 0 aliphatic heterocycles. The maximum atomic E-state index is 12.3. The first-order valence-corrected chi connectivity index (χ1v) is 7.77. The summed E-state index contributed by atoms with van der Waals surface area (Å²) in [6.45, 7) is 1.90. The normalized spacial score (nSPS) is 11.4. The molecule has 0 bridgehead atoms. The highest BCUT2D eigenvalue weighted by Gasteiger charge is 2.23. The van der Waals surface area contributed by atoms with Crippen LogP contribution in [0.15, 0.2) is 54.6 Å². The van der Waals surface area contributed by atoms with E-state index in [0.717, 1.165) is 5.56 Å². The second-order valence-corrected chi connectivity index (χ2v) is 5.27. The van der Waals surface area contributed by atoms with Gasteiger partial charge in [-0.1, -0.05) is 30.3 Å². The van der Waals surface area contributed by atoms with Crippen LogP contribution in [0, 0.1) is 10.1 Å². The molecule has 2 aromatic carbocycles. The fraction of sp³-hybridized carbons (Fsp3) is 0.222. The number of nitro groups is 1.